The van der Waals surface area contributed by atoms with Crippen LogP contribution in [0.25, 0.3) is 0 Å². The zero-order valence-electron chi connectivity index (χ0n) is 33.6. The third-order valence-corrected chi connectivity index (χ3v) is 9.12. The third kappa shape index (κ3) is 13.8. The van der Waals surface area contributed by atoms with E-state index in [4.69, 9.17) is 15.2 Å². The van der Waals surface area contributed by atoms with E-state index in [1.165, 1.54) is 0 Å². The maximum absolute atomic E-state index is 14.5. The molecule has 0 heterocycles. The molecule has 0 fully saturated rings. The van der Waals surface area contributed by atoms with Gasteiger partial charge in [0, 0.05) is 6.04 Å². The summed E-state index contributed by atoms with van der Waals surface area (Å²) in [7, 11) is 0. The molecule has 0 aliphatic heterocycles. The van der Waals surface area contributed by atoms with Crippen molar-refractivity contribution in [2.24, 2.45) is 29.4 Å². The lowest BCUT2D eigenvalue weighted by molar-refractivity contribution is -0.154. The molecule has 0 aliphatic carbocycles. The number of alkyl carbamates (subject to hydrolysis) is 1. The van der Waals surface area contributed by atoms with Crippen molar-refractivity contribution in [2.75, 3.05) is 0 Å². The van der Waals surface area contributed by atoms with E-state index < -0.39 is 95.0 Å². The molecule has 2 aromatic rings. The quantitative estimate of drug-likeness (QED) is 0.0803. The van der Waals surface area contributed by atoms with E-state index in [-0.39, 0.29) is 26.1 Å². The summed E-state index contributed by atoms with van der Waals surface area (Å²) in [5.41, 5.74) is 5.14. The van der Waals surface area contributed by atoms with E-state index >= 15 is 0 Å². The summed E-state index contributed by atoms with van der Waals surface area (Å²) in [5.74, 6) is -6.45. The monoisotopic (exact) mass is 767 g/mol. The summed E-state index contributed by atoms with van der Waals surface area (Å²) >= 11 is 0. The van der Waals surface area contributed by atoms with Crippen molar-refractivity contribution < 1.29 is 43.3 Å². The number of ether oxygens (including phenoxy) is 2. The summed E-state index contributed by atoms with van der Waals surface area (Å²) in [5, 5.41) is 21.6. The number of ketones is 1. The minimum absolute atomic E-state index is 0.0277. The number of Topliss-reactive ketones (excluding diaryl/α,β-unsaturated/α-hetero) is 1. The van der Waals surface area contributed by atoms with Gasteiger partial charge in [0.2, 0.25) is 11.8 Å². The van der Waals surface area contributed by atoms with Gasteiger partial charge in [-0.2, -0.15) is 0 Å². The van der Waals surface area contributed by atoms with Gasteiger partial charge < -0.3 is 41.6 Å². The van der Waals surface area contributed by atoms with Gasteiger partial charge in [0.05, 0.1) is 0 Å². The molecule has 14 nitrogen and oxygen atoms in total. The molecule has 14 heteroatoms. The van der Waals surface area contributed by atoms with E-state index in [9.17, 15) is 33.9 Å². The van der Waals surface area contributed by atoms with Crippen molar-refractivity contribution in [2.45, 2.75) is 124 Å². The Morgan fingerprint density at radius 1 is 0.673 bits per heavy atom. The SMILES string of the molecule is CCC(N)C(O)C(=O)[C@](CC(C)C)(NC(=O)[C@@H](NC(=O)[C@@H](NC(=O)OCc1ccccc1)C(C)C)C(C)C)C(=O)N[C@H](C(=O)OCc1ccccc1)C(C)C. The highest BCUT2D eigenvalue weighted by atomic mass is 16.5. The van der Waals surface area contributed by atoms with Crippen LogP contribution in [0.1, 0.15) is 86.3 Å². The zero-order valence-corrected chi connectivity index (χ0v) is 33.6. The second-order valence-electron chi connectivity index (χ2n) is 15.3. The summed E-state index contributed by atoms with van der Waals surface area (Å²) in [6.45, 7) is 15.1. The Kier molecular flexibility index (Phi) is 18.5. The fourth-order valence-electron chi connectivity index (χ4n) is 5.83. The summed E-state index contributed by atoms with van der Waals surface area (Å²) in [6.07, 6.45) is -2.84. The first kappa shape index (κ1) is 46.3. The predicted octanol–water partition coefficient (Wildman–Crippen LogP) is 3.53. The van der Waals surface area contributed by atoms with Gasteiger partial charge in [0.25, 0.3) is 5.91 Å². The van der Waals surface area contributed by atoms with Gasteiger partial charge in [-0.3, -0.25) is 19.2 Å². The zero-order chi connectivity index (χ0) is 41.5. The molecule has 0 aromatic heterocycles. The highest BCUT2D eigenvalue weighted by Crippen LogP contribution is 2.24. The van der Waals surface area contributed by atoms with Crippen molar-refractivity contribution in [1.82, 2.24) is 21.3 Å². The van der Waals surface area contributed by atoms with E-state index in [2.05, 4.69) is 21.3 Å². The molecule has 6 atom stereocenters. The van der Waals surface area contributed by atoms with E-state index in [1.807, 2.05) is 12.1 Å². The van der Waals surface area contributed by atoms with Crippen LogP contribution in [0.3, 0.4) is 0 Å². The average Bonchev–Trinajstić information content (AvgIpc) is 3.14. The Hall–Kier alpha value is -4.82. The van der Waals surface area contributed by atoms with Gasteiger partial charge in [-0.1, -0.05) is 123 Å². The molecule has 2 rings (SSSR count). The van der Waals surface area contributed by atoms with Gasteiger partial charge in [0.1, 0.15) is 37.4 Å². The maximum Gasteiger partial charge on any atom is 0.408 e. The number of aliphatic hydroxyl groups is 1. The van der Waals surface area contributed by atoms with Crippen molar-refractivity contribution >= 4 is 35.6 Å². The molecule has 2 aromatic carbocycles. The standard InChI is InChI=1S/C41H61N5O9/c1-10-30(42)34(47)35(48)41(21-24(2)3,39(52)44-33(27(8)9)38(51)54-22-28-17-13-11-14-18-28)46-37(50)32(26(6)7)43-36(49)31(25(4)5)45-40(53)55-23-29-19-15-12-16-20-29/h11-20,24-27,30-34,47H,10,21-23,42H2,1-9H3,(H,43,49)(H,44,52)(H,45,53)(H,46,50)/t30?,31-,32-,33-,34?,41-/m0/s1. The van der Waals surface area contributed by atoms with E-state index in [0.29, 0.717) is 0 Å². The Labute approximate surface area is 325 Å². The van der Waals surface area contributed by atoms with Crippen LogP contribution in [-0.4, -0.2) is 76.5 Å². The third-order valence-electron chi connectivity index (χ3n) is 9.12. The second kappa shape index (κ2) is 21.9. The van der Waals surface area contributed by atoms with Crippen LogP contribution < -0.4 is 27.0 Å². The Morgan fingerprint density at radius 3 is 1.60 bits per heavy atom. The number of nitrogens with one attached hydrogen (secondary N) is 4. The lowest BCUT2D eigenvalue weighted by Gasteiger charge is -2.38. The molecule has 0 radical (unpaired) electrons. The van der Waals surface area contributed by atoms with Crippen LogP contribution in [0.2, 0.25) is 0 Å². The smallest absolute Gasteiger partial charge is 0.408 e. The lowest BCUT2D eigenvalue weighted by Crippen LogP contribution is -2.71. The van der Waals surface area contributed by atoms with Gasteiger partial charge in [-0.25, -0.2) is 9.59 Å². The summed E-state index contributed by atoms with van der Waals surface area (Å²) in [6, 6.07) is 13.2. The molecular formula is C41H61N5O9. The van der Waals surface area contributed by atoms with Gasteiger partial charge in [-0.05, 0) is 47.6 Å². The van der Waals surface area contributed by atoms with Crippen LogP contribution in [-0.2, 0) is 46.7 Å². The number of carbonyl (C=O) groups excluding carboxylic acids is 6. The van der Waals surface area contributed by atoms with Crippen molar-refractivity contribution in [1.29, 1.82) is 0 Å². The number of hydrogen-bond acceptors (Lipinski definition) is 10. The second-order valence-corrected chi connectivity index (χ2v) is 15.3. The first-order valence-electron chi connectivity index (χ1n) is 18.9. The van der Waals surface area contributed by atoms with Gasteiger partial charge >= 0.3 is 12.1 Å². The lowest BCUT2D eigenvalue weighted by atomic mass is 9.79. The number of rotatable bonds is 21. The average molecular weight is 768 g/mol. The largest absolute Gasteiger partial charge is 0.459 e. The highest BCUT2D eigenvalue weighted by molar-refractivity contribution is 6.15. The van der Waals surface area contributed by atoms with Crippen LogP contribution >= 0.6 is 0 Å². The van der Waals surface area contributed by atoms with E-state index in [0.717, 1.165) is 11.1 Å². The van der Waals surface area contributed by atoms with Crippen LogP contribution in [0.15, 0.2) is 60.7 Å². The fourth-order valence-corrected chi connectivity index (χ4v) is 5.83. The number of aliphatic hydroxyl groups excluding tert-OH is 1. The van der Waals surface area contributed by atoms with Crippen molar-refractivity contribution in [3.63, 3.8) is 0 Å². The first-order chi connectivity index (χ1) is 25.8. The molecule has 55 heavy (non-hydrogen) atoms. The summed E-state index contributed by atoms with van der Waals surface area (Å²) < 4.78 is 10.8. The molecule has 0 spiro atoms. The number of esters is 1. The minimum atomic E-state index is -2.43. The molecular weight excluding hydrogens is 706 g/mol. The topological polar surface area (TPSA) is 215 Å². The Morgan fingerprint density at radius 2 is 1.15 bits per heavy atom. The first-order valence-corrected chi connectivity index (χ1v) is 18.9. The predicted molar refractivity (Wildman–Crippen MR) is 208 cm³/mol. The normalized spacial score (nSPS) is 15.3. The summed E-state index contributed by atoms with van der Waals surface area (Å²) in [4.78, 5) is 83.0. The number of carbonyl (C=O) groups is 6. The molecule has 0 saturated carbocycles. The van der Waals surface area contributed by atoms with Gasteiger partial charge in [0.15, 0.2) is 11.3 Å². The van der Waals surface area contributed by atoms with Crippen molar-refractivity contribution in [3.8, 4) is 0 Å². The maximum atomic E-state index is 14.5. The van der Waals surface area contributed by atoms with Crippen molar-refractivity contribution in [3.05, 3.63) is 71.8 Å². The number of nitrogens with two attached hydrogens (primary N) is 1. The molecule has 0 bridgehead atoms. The molecule has 0 saturated heterocycles. The Bertz CT molecular complexity index is 1570. The molecule has 7 N–H and O–H groups in total. The molecule has 2 unspecified atom stereocenters. The fraction of sp³-hybridized carbons (Fsp3) is 0.561. The van der Waals surface area contributed by atoms with Crippen LogP contribution in [0, 0.1) is 23.7 Å². The van der Waals surface area contributed by atoms with Crippen LogP contribution in [0.5, 0.6) is 0 Å². The molecule has 0 aliphatic rings. The minimum Gasteiger partial charge on any atom is -0.459 e. The van der Waals surface area contributed by atoms with Crippen LogP contribution in [0.4, 0.5) is 4.79 Å². The highest BCUT2D eigenvalue weighted by Gasteiger charge is 2.52. The van der Waals surface area contributed by atoms with Gasteiger partial charge in [-0.15, -0.1) is 0 Å². The Balaban J connectivity index is 2.46. The molecule has 304 valence electrons. The number of hydrogen-bond donors (Lipinski definition) is 6. The van der Waals surface area contributed by atoms with E-state index in [1.54, 1.807) is 111 Å². The number of amides is 4. The number of benzene rings is 2. The molecule has 4 amide bonds.